The van der Waals surface area contributed by atoms with Crippen molar-refractivity contribution in [2.24, 2.45) is 5.73 Å². The number of fused-ring (bicyclic) bond motifs is 1. The zero-order valence-corrected chi connectivity index (χ0v) is 10.4. The SMILES string of the molecule is NC1CCc2c(Br)cc(Br)cc2C1. The summed E-state index contributed by atoms with van der Waals surface area (Å²) >= 11 is 7.07. The molecule has 0 heterocycles. The lowest BCUT2D eigenvalue weighted by atomic mass is 9.89. The van der Waals surface area contributed by atoms with Crippen LogP contribution in [-0.4, -0.2) is 6.04 Å². The summed E-state index contributed by atoms with van der Waals surface area (Å²) in [6.45, 7) is 0. The van der Waals surface area contributed by atoms with Crippen LogP contribution in [-0.2, 0) is 12.8 Å². The van der Waals surface area contributed by atoms with Gasteiger partial charge in [0, 0.05) is 15.0 Å². The van der Waals surface area contributed by atoms with E-state index in [0.29, 0.717) is 6.04 Å². The van der Waals surface area contributed by atoms with Crippen LogP contribution in [0.25, 0.3) is 0 Å². The van der Waals surface area contributed by atoms with Crippen LogP contribution in [0.3, 0.4) is 0 Å². The van der Waals surface area contributed by atoms with Crippen LogP contribution >= 0.6 is 31.9 Å². The van der Waals surface area contributed by atoms with E-state index < -0.39 is 0 Å². The molecule has 0 aliphatic heterocycles. The van der Waals surface area contributed by atoms with Gasteiger partial charge >= 0.3 is 0 Å². The lowest BCUT2D eigenvalue weighted by Gasteiger charge is -2.22. The molecule has 1 aliphatic rings. The van der Waals surface area contributed by atoms with Crippen molar-refractivity contribution in [1.29, 1.82) is 0 Å². The molecule has 1 aromatic rings. The Morgan fingerprint density at radius 3 is 2.85 bits per heavy atom. The van der Waals surface area contributed by atoms with Gasteiger partial charge in [0.05, 0.1) is 0 Å². The monoisotopic (exact) mass is 303 g/mol. The number of hydrogen-bond acceptors (Lipinski definition) is 1. The Morgan fingerprint density at radius 1 is 1.31 bits per heavy atom. The second-order valence-electron chi connectivity index (χ2n) is 3.53. The molecule has 0 amide bonds. The molecule has 1 atom stereocenters. The largest absolute Gasteiger partial charge is 0.327 e. The molecular formula is C10H11Br2N. The minimum Gasteiger partial charge on any atom is -0.327 e. The molecule has 0 aromatic heterocycles. The van der Waals surface area contributed by atoms with Crippen molar-refractivity contribution >= 4 is 31.9 Å². The molecule has 13 heavy (non-hydrogen) atoms. The molecule has 0 spiro atoms. The van der Waals surface area contributed by atoms with E-state index in [2.05, 4.69) is 44.0 Å². The average Bonchev–Trinajstić information content (AvgIpc) is 2.02. The van der Waals surface area contributed by atoms with Crippen molar-refractivity contribution in [1.82, 2.24) is 0 Å². The Bertz CT molecular complexity index is 336. The molecule has 2 rings (SSSR count). The van der Waals surface area contributed by atoms with Crippen LogP contribution in [0.15, 0.2) is 21.1 Å². The van der Waals surface area contributed by atoms with E-state index in [1.807, 2.05) is 0 Å². The van der Waals surface area contributed by atoms with Crippen LogP contribution in [0.5, 0.6) is 0 Å². The highest BCUT2D eigenvalue weighted by Gasteiger charge is 2.17. The summed E-state index contributed by atoms with van der Waals surface area (Å²) in [5, 5.41) is 0. The molecule has 2 N–H and O–H groups in total. The molecule has 1 nitrogen and oxygen atoms in total. The van der Waals surface area contributed by atoms with Crippen molar-refractivity contribution in [2.45, 2.75) is 25.3 Å². The maximum absolute atomic E-state index is 5.92. The quantitative estimate of drug-likeness (QED) is 0.783. The normalized spacial score (nSPS) is 21.3. The zero-order chi connectivity index (χ0) is 9.42. The van der Waals surface area contributed by atoms with E-state index >= 15 is 0 Å². The first kappa shape index (κ1) is 9.69. The van der Waals surface area contributed by atoms with Gasteiger partial charge in [-0.15, -0.1) is 0 Å². The molecule has 0 radical (unpaired) electrons. The standard InChI is InChI=1S/C10H11Br2N/c11-7-3-6-4-8(13)1-2-9(6)10(12)5-7/h3,5,8H,1-2,4,13H2. The van der Waals surface area contributed by atoms with Gasteiger partial charge in [-0.05, 0) is 42.5 Å². The fourth-order valence-electron chi connectivity index (χ4n) is 1.83. The maximum Gasteiger partial charge on any atom is 0.0221 e. The molecule has 1 aliphatic carbocycles. The van der Waals surface area contributed by atoms with E-state index in [1.54, 1.807) is 0 Å². The van der Waals surface area contributed by atoms with Gasteiger partial charge in [-0.25, -0.2) is 0 Å². The Balaban J connectivity index is 2.47. The van der Waals surface area contributed by atoms with Crippen molar-refractivity contribution in [3.05, 3.63) is 32.2 Å². The predicted molar refractivity (Wildman–Crippen MR) is 61.8 cm³/mol. The third-order valence-electron chi connectivity index (χ3n) is 2.50. The number of rotatable bonds is 0. The number of hydrogen-bond donors (Lipinski definition) is 1. The van der Waals surface area contributed by atoms with Crippen molar-refractivity contribution in [3.63, 3.8) is 0 Å². The maximum atomic E-state index is 5.92. The Kier molecular flexibility index (Phi) is 2.77. The first-order chi connectivity index (χ1) is 6.16. The fourth-order valence-corrected chi connectivity index (χ4v) is 3.35. The average molecular weight is 305 g/mol. The Labute approximate surface area is 95.0 Å². The van der Waals surface area contributed by atoms with E-state index in [4.69, 9.17) is 5.73 Å². The summed E-state index contributed by atoms with van der Waals surface area (Å²) < 4.78 is 2.34. The van der Waals surface area contributed by atoms with Gasteiger partial charge in [-0.3, -0.25) is 0 Å². The highest BCUT2D eigenvalue weighted by Crippen LogP contribution is 2.31. The molecule has 70 valence electrons. The van der Waals surface area contributed by atoms with E-state index in [0.717, 1.165) is 23.7 Å². The van der Waals surface area contributed by atoms with Crippen molar-refractivity contribution in [2.75, 3.05) is 0 Å². The summed E-state index contributed by atoms with van der Waals surface area (Å²) in [7, 11) is 0. The smallest absolute Gasteiger partial charge is 0.0221 e. The summed E-state index contributed by atoms with van der Waals surface area (Å²) in [6, 6.07) is 4.63. The van der Waals surface area contributed by atoms with Gasteiger partial charge in [0.25, 0.3) is 0 Å². The highest BCUT2D eigenvalue weighted by atomic mass is 79.9. The minimum absolute atomic E-state index is 0.341. The molecule has 0 saturated carbocycles. The zero-order valence-electron chi connectivity index (χ0n) is 7.19. The third kappa shape index (κ3) is 1.97. The Morgan fingerprint density at radius 2 is 2.08 bits per heavy atom. The summed E-state index contributed by atoms with van der Waals surface area (Å²) in [5.74, 6) is 0. The van der Waals surface area contributed by atoms with E-state index in [-0.39, 0.29) is 0 Å². The lowest BCUT2D eigenvalue weighted by molar-refractivity contribution is 0.575. The molecule has 0 fully saturated rings. The van der Waals surface area contributed by atoms with Crippen LogP contribution in [0.1, 0.15) is 17.5 Å². The summed E-state index contributed by atoms with van der Waals surface area (Å²) in [4.78, 5) is 0. The molecule has 1 aromatic carbocycles. The van der Waals surface area contributed by atoms with E-state index in [1.165, 1.54) is 15.6 Å². The van der Waals surface area contributed by atoms with Gasteiger partial charge in [0.15, 0.2) is 0 Å². The fraction of sp³-hybridized carbons (Fsp3) is 0.400. The molecule has 1 unspecified atom stereocenters. The van der Waals surface area contributed by atoms with Crippen LogP contribution in [0, 0.1) is 0 Å². The second-order valence-corrected chi connectivity index (χ2v) is 5.30. The van der Waals surface area contributed by atoms with Crippen molar-refractivity contribution in [3.8, 4) is 0 Å². The summed E-state index contributed by atoms with van der Waals surface area (Å²) in [6.07, 6.45) is 3.21. The highest BCUT2D eigenvalue weighted by molar-refractivity contribution is 9.11. The topological polar surface area (TPSA) is 26.0 Å². The predicted octanol–water partition coefficient (Wildman–Crippen LogP) is 3.03. The number of halogens is 2. The molecule has 0 bridgehead atoms. The number of nitrogens with two attached hydrogens (primary N) is 1. The molecular weight excluding hydrogens is 294 g/mol. The lowest BCUT2D eigenvalue weighted by Crippen LogP contribution is -2.28. The molecule has 3 heteroatoms. The van der Waals surface area contributed by atoms with Gasteiger partial charge in [-0.2, -0.15) is 0 Å². The van der Waals surface area contributed by atoms with Gasteiger partial charge in [-0.1, -0.05) is 31.9 Å². The minimum atomic E-state index is 0.341. The van der Waals surface area contributed by atoms with Crippen LogP contribution in [0.2, 0.25) is 0 Å². The van der Waals surface area contributed by atoms with E-state index in [9.17, 15) is 0 Å². The van der Waals surface area contributed by atoms with Gasteiger partial charge < -0.3 is 5.73 Å². The van der Waals surface area contributed by atoms with Crippen LogP contribution in [0.4, 0.5) is 0 Å². The second kappa shape index (κ2) is 3.71. The van der Waals surface area contributed by atoms with Gasteiger partial charge in [0.1, 0.15) is 0 Å². The Hall–Kier alpha value is 0.140. The molecule has 0 saturated heterocycles. The number of benzene rings is 1. The van der Waals surface area contributed by atoms with Crippen molar-refractivity contribution < 1.29 is 0 Å². The van der Waals surface area contributed by atoms with Gasteiger partial charge in [0.2, 0.25) is 0 Å². The third-order valence-corrected chi connectivity index (χ3v) is 3.67. The first-order valence-corrected chi connectivity index (χ1v) is 5.98. The summed E-state index contributed by atoms with van der Waals surface area (Å²) in [5.41, 5.74) is 8.74. The van der Waals surface area contributed by atoms with Crippen LogP contribution < -0.4 is 5.73 Å². The first-order valence-electron chi connectivity index (χ1n) is 4.39.